The number of carbonyl (C=O) groups is 4. The lowest BCUT2D eigenvalue weighted by Crippen LogP contribution is -2.30. The zero-order valence-electron chi connectivity index (χ0n) is 64.4. The molecule has 17 nitrogen and oxygen atoms in total. The fourth-order valence-electron chi connectivity index (χ4n) is 12.1. The third-order valence-corrected chi connectivity index (χ3v) is 20.2. The zero-order chi connectivity index (χ0) is 72.4. The highest BCUT2D eigenvalue weighted by atomic mass is 31.2. The summed E-state index contributed by atoms with van der Waals surface area (Å²) in [5, 5.41) is 10.6. The fraction of sp³-hybridized carbons (Fsp3) is 0.949. The van der Waals surface area contributed by atoms with Crippen molar-refractivity contribution in [1.29, 1.82) is 0 Å². The first-order chi connectivity index (χ1) is 47.1. The molecule has 0 aliphatic rings. The van der Waals surface area contributed by atoms with Gasteiger partial charge >= 0.3 is 39.5 Å². The summed E-state index contributed by atoms with van der Waals surface area (Å²) >= 11 is 0. The normalized spacial score (nSPS) is 14.1. The molecule has 0 heterocycles. The van der Waals surface area contributed by atoms with Crippen molar-refractivity contribution in [3.63, 3.8) is 0 Å². The Kier molecular flexibility index (Phi) is 66.8. The van der Waals surface area contributed by atoms with E-state index in [0.717, 1.165) is 114 Å². The van der Waals surface area contributed by atoms with Crippen molar-refractivity contribution in [2.24, 2.45) is 23.7 Å². The van der Waals surface area contributed by atoms with E-state index in [1.807, 2.05) is 0 Å². The van der Waals surface area contributed by atoms with Gasteiger partial charge in [-0.3, -0.25) is 37.3 Å². The van der Waals surface area contributed by atoms with Gasteiger partial charge in [-0.2, -0.15) is 0 Å². The topological polar surface area (TPSA) is 237 Å². The maximum absolute atomic E-state index is 13.1. The number of esters is 4. The standard InChI is InChI=1S/C79H154O17P2/c1-69(2)55-47-39-31-24-18-13-10-9-11-15-21-27-35-43-51-59-76(81)89-65-74(95-78(83)61-53-45-36-28-22-16-12-14-19-25-32-40-48-56-70(3)4)67-93-97(85,86)91-63-73(80)64-92-98(87,88)94-68-75(66-90-77(82)60-52-44-38-30-34-42-50-58-72(7)8)96-79(84)62-54-46-37-29-23-17-20-26-33-41-49-57-71(5)6/h69-75,80H,9-68H2,1-8H3,(H,85,86)(H,87,88)/t73?,74-,75-/m1/s1. The lowest BCUT2D eigenvalue weighted by Gasteiger charge is -2.21. The molecular weight excluding hydrogens is 1280 g/mol. The number of ether oxygens (including phenoxy) is 4. The summed E-state index contributed by atoms with van der Waals surface area (Å²) in [6.07, 6.45) is 54.2. The largest absolute Gasteiger partial charge is 0.472 e. The average Bonchev–Trinajstić information content (AvgIpc) is 1.12. The van der Waals surface area contributed by atoms with E-state index in [1.54, 1.807) is 0 Å². The van der Waals surface area contributed by atoms with E-state index in [4.69, 9.17) is 37.0 Å². The summed E-state index contributed by atoms with van der Waals surface area (Å²) in [7, 11) is -9.92. The Morgan fingerprint density at radius 1 is 0.255 bits per heavy atom. The van der Waals surface area contributed by atoms with Crippen LogP contribution in [0.3, 0.4) is 0 Å². The Bertz CT molecular complexity index is 1920. The van der Waals surface area contributed by atoms with Crippen molar-refractivity contribution in [3.8, 4) is 0 Å². The van der Waals surface area contributed by atoms with Gasteiger partial charge in [-0.05, 0) is 49.4 Å². The number of hydrogen-bond acceptors (Lipinski definition) is 15. The number of hydrogen-bond donors (Lipinski definition) is 3. The third kappa shape index (κ3) is 72.4. The van der Waals surface area contributed by atoms with Crippen molar-refractivity contribution in [2.45, 2.75) is 420 Å². The number of rotatable bonds is 76. The summed E-state index contributed by atoms with van der Waals surface area (Å²) in [6, 6.07) is 0. The molecule has 0 aliphatic heterocycles. The summed E-state index contributed by atoms with van der Waals surface area (Å²) in [4.78, 5) is 72.9. The molecule has 0 saturated carbocycles. The molecule has 0 rings (SSSR count). The van der Waals surface area contributed by atoms with E-state index in [9.17, 15) is 43.2 Å². The SMILES string of the molecule is CC(C)CCCCCCCCCCCCCCCCCC(=O)OC[C@H](COP(=O)(O)OCC(O)COP(=O)(O)OC[C@@H](COC(=O)CCCCCCCCCC(C)C)OC(=O)CCCCCCCCCCCCCC(C)C)OC(=O)CCCCCCCCCCCCCCCC(C)C. The lowest BCUT2D eigenvalue weighted by molar-refractivity contribution is -0.161. The van der Waals surface area contributed by atoms with Crippen LogP contribution in [-0.4, -0.2) is 96.7 Å². The number of unbranched alkanes of at least 4 members (excludes halogenated alkanes) is 42. The highest BCUT2D eigenvalue weighted by Gasteiger charge is 2.30. The molecule has 0 aromatic carbocycles. The first-order valence-corrected chi connectivity index (χ1v) is 43.7. The Hall–Kier alpha value is -1.94. The first-order valence-electron chi connectivity index (χ1n) is 40.7. The van der Waals surface area contributed by atoms with E-state index >= 15 is 0 Å². The van der Waals surface area contributed by atoms with Crippen LogP contribution in [0.25, 0.3) is 0 Å². The number of carbonyl (C=O) groups excluding carboxylic acids is 4. The van der Waals surface area contributed by atoms with Crippen LogP contribution >= 0.6 is 15.6 Å². The highest BCUT2D eigenvalue weighted by molar-refractivity contribution is 7.47. The van der Waals surface area contributed by atoms with E-state index in [-0.39, 0.29) is 25.7 Å². The number of phosphoric acid groups is 2. The zero-order valence-corrected chi connectivity index (χ0v) is 66.2. The van der Waals surface area contributed by atoms with Crippen LogP contribution in [-0.2, 0) is 65.4 Å². The van der Waals surface area contributed by atoms with Crippen molar-refractivity contribution in [1.82, 2.24) is 0 Å². The van der Waals surface area contributed by atoms with Crippen LogP contribution in [0, 0.1) is 23.7 Å². The molecule has 0 fully saturated rings. The van der Waals surface area contributed by atoms with Gasteiger partial charge in [0.2, 0.25) is 0 Å². The molecule has 5 atom stereocenters. The van der Waals surface area contributed by atoms with Crippen molar-refractivity contribution in [2.75, 3.05) is 39.6 Å². The van der Waals surface area contributed by atoms with E-state index in [1.165, 1.54) is 199 Å². The van der Waals surface area contributed by atoms with E-state index in [2.05, 4.69) is 55.4 Å². The van der Waals surface area contributed by atoms with Gasteiger partial charge in [0.15, 0.2) is 12.2 Å². The van der Waals surface area contributed by atoms with Gasteiger partial charge in [-0.25, -0.2) is 9.13 Å². The summed E-state index contributed by atoms with van der Waals surface area (Å²) in [5.74, 6) is 0.946. The number of phosphoric ester groups is 2. The second kappa shape index (κ2) is 68.2. The smallest absolute Gasteiger partial charge is 0.462 e. The summed E-state index contributed by atoms with van der Waals surface area (Å²) in [6.45, 7) is 14.2. The van der Waals surface area contributed by atoms with Gasteiger partial charge in [-0.15, -0.1) is 0 Å². The molecule has 19 heteroatoms. The Morgan fingerprint density at radius 3 is 0.633 bits per heavy atom. The molecule has 0 saturated heterocycles. The Balaban J connectivity index is 5.25. The van der Waals surface area contributed by atoms with Crippen molar-refractivity contribution >= 4 is 39.5 Å². The predicted molar refractivity (Wildman–Crippen MR) is 400 cm³/mol. The fourth-order valence-corrected chi connectivity index (χ4v) is 13.7. The monoisotopic (exact) mass is 1440 g/mol. The second-order valence-electron chi connectivity index (χ2n) is 30.4. The Labute approximate surface area is 600 Å². The highest BCUT2D eigenvalue weighted by Crippen LogP contribution is 2.45. The van der Waals surface area contributed by atoms with Gasteiger partial charge in [0.05, 0.1) is 26.4 Å². The minimum Gasteiger partial charge on any atom is -0.462 e. The van der Waals surface area contributed by atoms with Gasteiger partial charge in [0, 0.05) is 25.7 Å². The van der Waals surface area contributed by atoms with Gasteiger partial charge in [0.1, 0.15) is 19.3 Å². The van der Waals surface area contributed by atoms with E-state index < -0.39 is 97.5 Å². The molecule has 3 N–H and O–H groups in total. The van der Waals surface area contributed by atoms with Crippen molar-refractivity contribution in [3.05, 3.63) is 0 Å². The van der Waals surface area contributed by atoms with Crippen LogP contribution in [0.5, 0.6) is 0 Å². The van der Waals surface area contributed by atoms with Crippen LogP contribution in [0.4, 0.5) is 0 Å². The molecule has 0 spiro atoms. The first kappa shape index (κ1) is 96.1. The minimum atomic E-state index is -4.96. The molecule has 0 amide bonds. The average molecular weight is 1440 g/mol. The molecule has 98 heavy (non-hydrogen) atoms. The molecule has 0 aliphatic carbocycles. The maximum Gasteiger partial charge on any atom is 0.472 e. The Morgan fingerprint density at radius 2 is 0.429 bits per heavy atom. The molecule has 0 aromatic rings. The van der Waals surface area contributed by atoms with Crippen LogP contribution in [0.1, 0.15) is 402 Å². The molecule has 0 aromatic heterocycles. The maximum atomic E-state index is 13.1. The molecule has 0 bridgehead atoms. The quantitative estimate of drug-likeness (QED) is 0.0222. The van der Waals surface area contributed by atoms with Crippen LogP contribution < -0.4 is 0 Å². The number of aliphatic hydroxyl groups is 1. The molecule has 0 radical (unpaired) electrons. The minimum absolute atomic E-state index is 0.105. The number of aliphatic hydroxyl groups excluding tert-OH is 1. The molecule has 582 valence electrons. The molecule has 3 unspecified atom stereocenters. The summed E-state index contributed by atoms with van der Waals surface area (Å²) < 4.78 is 68.6. The third-order valence-electron chi connectivity index (χ3n) is 18.3. The van der Waals surface area contributed by atoms with Gasteiger partial charge in [-0.1, -0.05) is 351 Å². The van der Waals surface area contributed by atoms with Gasteiger partial charge < -0.3 is 33.8 Å². The molecular formula is C79H154O17P2. The van der Waals surface area contributed by atoms with Gasteiger partial charge in [0.25, 0.3) is 0 Å². The summed E-state index contributed by atoms with van der Waals surface area (Å²) in [5.41, 5.74) is 0. The van der Waals surface area contributed by atoms with Crippen LogP contribution in [0.2, 0.25) is 0 Å². The van der Waals surface area contributed by atoms with E-state index in [0.29, 0.717) is 31.6 Å². The lowest BCUT2D eigenvalue weighted by atomic mass is 10.0. The van der Waals surface area contributed by atoms with Crippen LogP contribution in [0.15, 0.2) is 0 Å². The second-order valence-corrected chi connectivity index (χ2v) is 33.3. The van der Waals surface area contributed by atoms with Crippen molar-refractivity contribution < 1.29 is 80.2 Å². The predicted octanol–water partition coefficient (Wildman–Crippen LogP) is 23.2.